The van der Waals surface area contributed by atoms with Crippen LogP contribution in [0.3, 0.4) is 0 Å². The van der Waals surface area contributed by atoms with Crippen LogP contribution in [0.5, 0.6) is 0 Å². The zero-order valence-electron chi connectivity index (χ0n) is 14.8. The lowest BCUT2D eigenvalue weighted by molar-refractivity contribution is 0.299. The third kappa shape index (κ3) is 4.52. The molecular formula is C18H28N4O2S. The molecule has 0 radical (unpaired) electrons. The van der Waals surface area contributed by atoms with Crippen molar-refractivity contribution >= 4 is 16.0 Å². The van der Waals surface area contributed by atoms with Gasteiger partial charge in [-0.2, -0.15) is 0 Å². The number of hydrogen-bond acceptors (Lipinski definition) is 3. The lowest BCUT2D eigenvalue weighted by atomic mass is 9.82. The van der Waals surface area contributed by atoms with Gasteiger partial charge in [0.1, 0.15) is 0 Å². The maximum absolute atomic E-state index is 12.2. The molecule has 3 rings (SSSR count). The van der Waals surface area contributed by atoms with E-state index in [4.69, 9.17) is 0 Å². The Labute approximate surface area is 150 Å². The number of nitrogens with one attached hydrogen (secondary N) is 2. The Kier molecular flexibility index (Phi) is 5.96. The molecule has 1 aromatic carbocycles. The quantitative estimate of drug-likeness (QED) is 0.473. The summed E-state index contributed by atoms with van der Waals surface area (Å²) in [6.45, 7) is 2.99. The SMILES string of the molecule is CN=C(NCCNS(=O)(=O)c1ccccc1)N1CC2CCCCC2C1. The summed E-state index contributed by atoms with van der Waals surface area (Å²) in [6, 6.07) is 8.45. The van der Waals surface area contributed by atoms with Gasteiger partial charge in [0.25, 0.3) is 0 Å². The van der Waals surface area contributed by atoms with E-state index >= 15 is 0 Å². The van der Waals surface area contributed by atoms with E-state index in [-0.39, 0.29) is 0 Å². The van der Waals surface area contributed by atoms with Gasteiger partial charge < -0.3 is 10.2 Å². The van der Waals surface area contributed by atoms with Gasteiger partial charge in [-0.15, -0.1) is 0 Å². The highest BCUT2D eigenvalue weighted by Crippen LogP contribution is 2.35. The number of likely N-dealkylation sites (tertiary alicyclic amines) is 1. The van der Waals surface area contributed by atoms with Crippen LogP contribution in [0.25, 0.3) is 0 Å². The second-order valence-corrected chi connectivity index (χ2v) is 8.66. The van der Waals surface area contributed by atoms with Crippen molar-refractivity contribution in [1.82, 2.24) is 14.9 Å². The second kappa shape index (κ2) is 8.19. The number of sulfonamides is 1. The molecule has 0 spiro atoms. The van der Waals surface area contributed by atoms with Crippen molar-refractivity contribution in [3.63, 3.8) is 0 Å². The number of hydrogen-bond donors (Lipinski definition) is 2. The van der Waals surface area contributed by atoms with Crippen LogP contribution >= 0.6 is 0 Å². The highest BCUT2D eigenvalue weighted by atomic mass is 32.2. The molecule has 1 aromatic rings. The molecule has 25 heavy (non-hydrogen) atoms. The van der Waals surface area contributed by atoms with Crippen molar-refractivity contribution in [1.29, 1.82) is 0 Å². The average Bonchev–Trinajstić information content (AvgIpc) is 3.06. The smallest absolute Gasteiger partial charge is 0.240 e. The minimum Gasteiger partial charge on any atom is -0.355 e. The number of fused-ring (bicyclic) bond motifs is 1. The van der Waals surface area contributed by atoms with Gasteiger partial charge in [0, 0.05) is 33.2 Å². The molecule has 1 saturated heterocycles. The first-order valence-electron chi connectivity index (χ1n) is 9.10. The van der Waals surface area contributed by atoms with Crippen LogP contribution < -0.4 is 10.0 Å². The molecule has 0 bridgehead atoms. The Balaban J connectivity index is 1.46. The highest BCUT2D eigenvalue weighted by molar-refractivity contribution is 7.89. The summed E-state index contributed by atoms with van der Waals surface area (Å²) in [5.41, 5.74) is 0. The summed E-state index contributed by atoms with van der Waals surface area (Å²) in [7, 11) is -1.65. The van der Waals surface area contributed by atoms with Gasteiger partial charge >= 0.3 is 0 Å². The Hall–Kier alpha value is -1.60. The second-order valence-electron chi connectivity index (χ2n) is 6.89. The van der Waals surface area contributed by atoms with E-state index in [9.17, 15) is 8.42 Å². The van der Waals surface area contributed by atoms with Crippen LogP contribution in [0.2, 0.25) is 0 Å². The Bertz CT molecular complexity index is 676. The zero-order valence-corrected chi connectivity index (χ0v) is 15.6. The summed E-state index contributed by atoms with van der Waals surface area (Å²) in [6.07, 6.45) is 5.36. The molecule has 138 valence electrons. The van der Waals surface area contributed by atoms with Gasteiger partial charge in [-0.1, -0.05) is 31.0 Å². The fourth-order valence-corrected chi connectivity index (χ4v) is 5.01. The standard InChI is InChI=1S/C18H28N4O2S/c1-19-18(22-13-15-7-5-6-8-16(15)14-22)20-11-12-21-25(23,24)17-9-3-2-4-10-17/h2-4,9-10,15-16,21H,5-8,11-14H2,1H3,(H,19,20). The summed E-state index contributed by atoms with van der Waals surface area (Å²) in [4.78, 5) is 6.99. The van der Waals surface area contributed by atoms with Crippen LogP contribution in [0.1, 0.15) is 25.7 Å². The minimum atomic E-state index is -3.44. The van der Waals surface area contributed by atoms with E-state index in [0.29, 0.717) is 18.0 Å². The molecule has 1 saturated carbocycles. The van der Waals surface area contributed by atoms with Gasteiger partial charge in [0.2, 0.25) is 10.0 Å². The first-order valence-corrected chi connectivity index (χ1v) is 10.6. The first kappa shape index (κ1) is 18.2. The summed E-state index contributed by atoms with van der Waals surface area (Å²) < 4.78 is 27.0. The van der Waals surface area contributed by atoms with E-state index in [2.05, 4.69) is 19.9 Å². The molecule has 0 amide bonds. The average molecular weight is 365 g/mol. The van der Waals surface area contributed by atoms with Crippen LogP contribution in [0, 0.1) is 11.8 Å². The number of nitrogens with zero attached hydrogens (tertiary/aromatic N) is 2. The molecule has 2 unspecified atom stereocenters. The first-order chi connectivity index (χ1) is 12.1. The van der Waals surface area contributed by atoms with Crippen molar-refractivity contribution in [3.8, 4) is 0 Å². The lowest BCUT2D eigenvalue weighted by Gasteiger charge is -2.22. The van der Waals surface area contributed by atoms with Gasteiger partial charge in [0.15, 0.2) is 5.96 Å². The molecule has 7 heteroatoms. The topological polar surface area (TPSA) is 73.8 Å². The highest BCUT2D eigenvalue weighted by Gasteiger charge is 2.35. The van der Waals surface area contributed by atoms with E-state index in [1.165, 1.54) is 25.7 Å². The Morgan fingerprint density at radius 2 is 1.76 bits per heavy atom. The fourth-order valence-electron chi connectivity index (χ4n) is 3.95. The molecule has 2 aliphatic rings. The molecular weight excluding hydrogens is 336 g/mol. The molecule has 6 nitrogen and oxygen atoms in total. The van der Waals surface area contributed by atoms with Gasteiger partial charge in [-0.3, -0.25) is 4.99 Å². The van der Waals surface area contributed by atoms with Gasteiger partial charge in [-0.05, 0) is 36.8 Å². The number of guanidine groups is 1. The minimum absolute atomic E-state index is 0.294. The van der Waals surface area contributed by atoms with E-state index < -0.39 is 10.0 Å². The van der Waals surface area contributed by atoms with Crippen LogP contribution in [0.4, 0.5) is 0 Å². The van der Waals surface area contributed by atoms with Crippen LogP contribution in [0.15, 0.2) is 40.2 Å². The molecule has 0 aromatic heterocycles. The number of rotatable bonds is 5. The molecule has 1 aliphatic heterocycles. The van der Waals surface area contributed by atoms with Crippen molar-refractivity contribution in [2.75, 3.05) is 33.2 Å². The maximum Gasteiger partial charge on any atom is 0.240 e. The van der Waals surface area contributed by atoms with Gasteiger partial charge in [-0.25, -0.2) is 13.1 Å². The van der Waals surface area contributed by atoms with Crippen molar-refractivity contribution in [2.45, 2.75) is 30.6 Å². The molecule has 1 aliphatic carbocycles. The largest absolute Gasteiger partial charge is 0.355 e. The number of aliphatic imine (C=N–C) groups is 1. The Morgan fingerprint density at radius 1 is 1.12 bits per heavy atom. The predicted molar refractivity (Wildman–Crippen MR) is 100 cm³/mol. The third-order valence-corrected chi connectivity index (χ3v) is 6.72. The lowest BCUT2D eigenvalue weighted by Crippen LogP contribution is -2.43. The van der Waals surface area contributed by atoms with E-state index in [1.807, 2.05) is 0 Å². The maximum atomic E-state index is 12.2. The fraction of sp³-hybridized carbons (Fsp3) is 0.611. The van der Waals surface area contributed by atoms with E-state index in [1.54, 1.807) is 37.4 Å². The van der Waals surface area contributed by atoms with E-state index in [0.717, 1.165) is 30.9 Å². The molecule has 2 N–H and O–H groups in total. The third-order valence-electron chi connectivity index (χ3n) is 5.24. The van der Waals surface area contributed by atoms with Crippen molar-refractivity contribution < 1.29 is 8.42 Å². The van der Waals surface area contributed by atoms with Crippen molar-refractivity contribution in [3.05, 3.63) is 30.3 Å². The Morgan fingerprint density at radius 3 is 2.36 bits per heavy atom. The molecule has 2 atom stereocenters. The predicted octanol–water partition coefficient (Wildman–Crippen LogP) is 1.66. The summed E-state index contributed by atoms with van der Waals surface area (Å²) in [5.74, 6) is 2.47. The summed E-state index contributed by atoms with van der Waals surface area (Å²) in [5, 5.41) is 3.29. The van der Waals surface area contributed by atoms with Crippen LogP contribution in [-0.4, -0.2) is 52.5 Å². The van der Waals surface area contributed by atoms with Crippen LogP contribution in [-0.2, 0) is 10.0 Å². The summed E-state index contributed by atoms with van der Waals surface area (Å²) >= 11 is 0. The number of benzene rings is 1. The van der Waals surface area contributed by atoms with Gasteiger partial charge in [0.05, 0.1) is 4.90 Å². The zero-order chi connectivity index (χ0) is 17.7. The molecule has 1 heterocycles. The monoisotopic (exact) mass is 364 g/mol. The molecule has 2 fully saturated rings. The van der Waals surface area contributed by atoms with Crippen molar-refractivity contribution in [2.24, 2.45) is 16.8 Å². The normalized spacial score (nSPS) is 24.2.